The second-order valence-corrected chi connectivity index (χ2v) is 4.33. The number of rotatable bonds is 2. The number of hydrogen-bond acceptors (Lipinski definition) is 3. The largest absolute Gasteiger partial charge is 0.300 e. The molecule has 1 atom stereocenters. The molecular weight excluding hydrogens is 164 g/mol. The molecule has 0 bridgehead atoms. The van der Waals surface area contributed by atoms with E-state index in [1.807, 2.05) is 0 Å². The Morgan fingerprint density at radius 2 is 1.85 bits per heavy atom. The summed E-state index contributed by atoms with van der Waals surface area (Å²) in [5.74, 6) is 5.20. The summed E-state index contributed by atoms with van der Waals surface area (Å²) >= 11 is 0. The van der Waals surface area contributed by atoms with Crippen LogP contribution in [0.25, 0.3) is 0 Å². The predicted octanol–water partition coefficient (Wildman–Crippen LogP) is 1.28. The van der Waals surface area contributed by atoms with Gasteiger partial charge in [-0.3, -0.25) is 9.74 Å². The lowest BCUT2D eigenvalue weighted by Gasteiger charge is -2.30. The van der Waals surface area contributed by atoms with E-state index in [9.17, 15) is 0 Å². The molecule has 3 nitrogen and oxygen atoms in total. The monoisotopic (exact) mass is 184 g/mol. The van der Waals surface area contributed by atoms with Crippen LogP contribution in [-0.4, -0.2) is 30.1 Å². The van der Waals surface area contributed by atoms with Crippen molar-refractivity contribution in [2.24, 2.45) is 5.90 Å². The molecule has 0 aromatic rings. The molecule has 1 saturated heterocycles. The minimum Gasteiger partial charge on any atom is -0.300 e. The zero-order chi connectivity index (χ0) is 9.10. The highest BCUT2D eigenvalue weighted by Gasteiger charge is 2.29. The fourth-order valence-corrected chi connectivity index (χ4v) is 2.64. The van der Waals surface area contributed by atoms with E-state index in [1.165, 1.54) is 38.6 Å². The summed E-state index contributed by atoms with van der Waals surface area (Å²) in [7, 11) is 0. The first-order valence-electron chi connectivity index (χ1n) is 5.50. The molecule has 76 valence electrons. The number of likely N-dealkylation sites (tertiary alicyclic amines) is 1. The van der Waals surface area contributed by atoms with Crippen LogP contribution in [0.3, 0.4) is 0 Å². The van der Waals surface area contributed by atoms with Crippen LogP contribution in [0.4, 0.5) is 0 Å². The molecule has 13 heavy (non-hydrogen) atoms. The van der Waals surface area contributed by atoms with Gasteiger partial charge in [0, 0.05) is 19.1 Å². The molecule has 1 unspecified atom stereocenters. The normalized spacial score (nSPS) is 32.5. The van der Waals surface area contributed by atoms with Crippen molar-refractivity contribution in [2.75, 3.05) is 13.1 Å². The van der Waals surface area contributed by atoms with E-state index in [4.69, 9.17) is 10.7 Å². The summed E-state index contributed by atoms with van der Waals surface area (Å²) in [6.07, 6.45) is 8.44. The first-order chi connectivity index (χ1) is 6.40. The van der Waals surface area contributed by atoms with E-state index in [-0.39, 0.29) is 0 Å². The van der Waals surface area contributed by atoms with E-state index in [1.54, 1.807) is 0 Å². The fraction of sp³-hybridized carbons (Fsp3) is 1.00. The molecule has 2 rings (SSSR count). The van der Waals surface area contributed by atoms with Gasteiger partial charge >= 0.3 is 0 Å². The molecule has 2 aliphatic rings. The van der Waals surface area contributed by atoms with Gasteiger partial charge in [0.25, 0.3) is 0 Å². The predicted molar refractivity (Wildman–Crippen MR) is 52.1 cm³/mol. The van der Waals surface area contributed by atoms with Gasteiger partial charge in [-0.1, -0.05) is 19.3 Å². The minimum atomic E-state index is 0.293. The highest BCUT2D eigenvalue weighted by molar-refractivity contribution is 4.83. The second-order valence-electron chi connectivity index (χ2n) is 4.33. The third kappa shape index (κ3) is 2.22. The molecule has 1 aliphatic carbocycles. The Kier molecular flexibility index (Phi) is 3.19. The van der Waals surface area contributed by atoms with Gasteiger partial charge in [0.05, 0.1) is 6.10 Å². The van der Waals surface area contributed by atoms with Crippen molar-refractivity contribution >= 4 is 0 Å². The van der Waals surface area contributed by atoms with Crippen molar-refractivity contribution in [2.45, 2.75) is 50.7 Å². The highest BCUT2D eigenvalue weighted by Crippen LogP contribution is 2.25. The molecule has 3 heteroatoms. The average Bonchev–Trinajstić information content (AvgIpc) is 2.67. The van der Waals surface area contributed by atoms with Crippen molar-refractivity contribution in [1.82, 2.24) is 4.90 Å². The van der Waals surface area contributed by atoms with Gasteiger partial charge in [0.15, 0.2) is 0 Å². The topological polar surface area (TPSA) is 38.5 Å². The maximum Gasteiger partial charge on any atom is 0.0926 e. The summed E-state index contributed by atoms with van der Waals surface area (Å²) in [6.45, 7) is 2.24. The van der Waals surface area contributed by atoms with Crippen LogP contribution in [0.2, 0.25) is 0 Å². The minimum absolute atomic E-state index is 0.293. The van der Waals surface area contributed by atoms with Crippen molar-refractivity contribution in [3.05, 3.63) is 0 Å². The summed E-state index contributed by atoms with van der Waals surface area (Å²) in [4.78, 5) is 7.46. The van der Waals surface area contributed by atoms with Gasteiger partial charge in [0.2, 0.25) is 0 Å². The Hall–Kier alpha value is -0.120. The molecule has 0 aromatic heterocycles. The lowest BCUT2D eigenvalue weighted by molar-refractivity contribution is 0.0529. The molecule has 0 radical (unpaired) electrons. The van der Waals surface area contributed by atoms with Gasteiger partial charge in [-0.05, 0) is 19.3 Å². The summed E-state index contributed by atoms with van der Waals surface area (Å²) in [5.41, 5.74) is 0. The van der Waals surface area contributed by atoms with Gasteiger partial charge < -0.3 is 0 Å². The van der Waals surface area contributed by atoms with Crippen LogP contribution in [0.15, 0.2) is 0 Å². The maximum atomic E-state index is 5.20. The Morgan fingerprint density at radius 3 is 2.46 bits per heavy atom. The zero-order valence-electron chi connectivity index (χ0n) is 8.24. The maximum absolute atomic E-state index is 5.20. The molecule has 0 spiro atoms. The second kappa shape index (κ2) is 4.40. The average molecular weight is 184 g/mol. The molecule has 1 saturated carbocycles. The first kappa shape index (κ1) is 9.44. The Morgan fingerprint density at radius 1 is 1.08 bits per heavy atom. The molecule has 1 heterocycles. The summed E-state index contributed by atoms with van der Waals surface area (Å²) in [5, 5.41) is 0. The van der Waals surface area contributed by atoms with Crippen LogP contribution in [0.5, 0.6) is 0 Å². The lowest BCUT2D eigenvalue weighted by atomic mass is 9.94. The van der Waals surface area contributed by atoms with Crippen molar-refractivity contribution in [3.8, 4) is 0 Å². The number of nitrogens with zero attached hydrogens (tertiary/aromatic N) is 1. The van der Waals surface area contributed by atoms with Crippen molar-refractivity contribution in [3.63, 3.8) is 0 Å². The molecular formula is C10H20N2O. The Bertz CT molecular complexity index is 157. The van der Waals surface area contributed by atoms with E-state index < -0.39 is 0 Å². The Balaban J connectivity index is 1.80. The third-order valence-electron chi connectivity index (χ3n) is 3.46. The number of hydrogen-bond donors (Lipinski definition) is 1. The summed E-state index contributed by atoms with van der Waals surface area (Å²) in [6, 6.07) is 0.828. The van der Waals surface area contributed by atoms with E-state index in [2.05, 4.69) is 4.90 Å². The number of nitrogens with two attached hydrogens (primary N) is 1. The molecule has 1 aliphatic heterocycles. The lowest BCUT2D eigenvalue weighted by Crippen LogP contribution is -2.36. The first-order valence-corrected chi connectivity index (χ1v) is 5.50. The highest BCUT2D eigenvalue weighted by atomic mass is 16.6. The smallest absolute Gasteiger partial charge is 0.0926 e. The Labute approximate surface area is 80.2 Å². The van der Waals surface area contributed by atoms with Crippen molar-refractivity contribution < 1.29 is 4.84 Å². The zero-order valence-corrected chi connectivity index (χ0v) is 8.24. The third-order valence-corrected chi connectivity index (χ3v) is 3.46. The van der Waals surface area contributed by atoms with E-state index in [0.717, 1.165) is 19.0 Å². The van der Waals surface area contributed by atoms with Crippen LogP contribution < -0.4 is 5.90 Å². The quantitative estimate of drug-likeness (QED) is 0.657. The standard InChI is InChI=1S/C10H20N2O/c11-13-10-6-7-12(8-10)9-4-2-1-3-5-9/h9-10H,1-8,11H2. The van der Waals surface area contributed by atoms with Gasteiger partial charge in [-0.15, -0.1) is 0 Å². The SMILES string of the molecule is NOC1CCN(C2CCCCC2)C1. The fourth-order valence-electron chi connectivity index (χ4n) is 2.64. The van der Waals surface area contributed by atoms with Gasteiger partial charge in [-0.25, -0.2) is 5.90 Å². The van der Waals surface area contributed by atoms with Gasteiger partial charge in [-0.2, -0.15) is 0 Å². The molecule has 2 N–H and O–H groups in total. The van der Waals surface area contributed by atoms with Crippen LogP contribution >= 0.6 is 0 Å². The van der Waals surface area contributed by atoms with E-state index >= 15 is 0 Å². The van der Waals surface area contributed by atoms with Crippen molar-refractivity contribution in [1.29, 1.82) is 0 Å². The molecule has 0 amide bonds. The molecule has 2 fully saturated rings. The van der Waals surface area contributed by atoms with Crippen LogP contribution in [0.1, 0.15) is 38.5 Å². The van der Waals surface area contributed by atoms with Crippen LogP contribution in [0, 0.1) is 0 Å². The summed E-state index contributed by atoms with van der Waals surface area (Å²) < 4.78 is 0. The van der Waals surface area contributed by atoms with Gasteiger partial charge in [0.1, 0.15) is 0 Å². The van der Waals surface area contributed by atoms with E-state index in [0.29, 0.717) is 6.10 Å². The molecule has 0 aromatic carbocycles. The van der Waals surface area contributed by atoms with Crippen LogP contribution in [-0.2, 0) is 4.84 Å².